The van der Waals surface area contributed by atoms with Gasteiger partial charge in [0.05, 0.1) is 11.8 Å². The highest BCUT2D eigenvalue weighted by Gasteiger charge is 2.61. The number of nitrogens with zero attached hydrogens (tertiary/aromatic N) is 1. The SMILES string of the molecule is CCc1cc(Br)ccc1NC(=O)COC(=O)CN1C(=O)[C@H]2C3c4ccccc4C(c4ccccc43)[C@@H]2C1=O. The van der Waals surface area contributed by atoms with Crippen molar-refractivity contribution in [3.63, 3.8) is 0 Å². The van der Waals surface area contributed by atoms with E-state index in [1.54, 1.807) is 6.07 Å². The number of nitrogens with one attached hydrogen (secondary N) is 1. The van der Waals surface area contributed by atoms with Crippen LogP contribution in [0.25, 0.3) is 0 Å². The monoisotopic (exact) mass is 572 g/mol. The Bertz CT molecular complexity index is 1390. The van der Waals surface area contributed by atoms with Gasteiger partial charge in [0, 0.05) is 22.0 Å². The van der Waals surface area contributed by atoms with Crippen LogP contribution in [0.4, 0.5) is 5.69 Å². The number of anilines is 1. The summed E-state index contributed by atoms with van der Waals surface area (Å²) in [6.07, 6.45) is 0.714. The first kappa shape index (κ1) is 24.6. The number of imide groups is 1. The quantitative estimate of drug-likeness (QED) is 0.349. The predicted molar refractivity (Wildman–Crippen MR) is 143 cm³/mol. The minimum atomic E-state index is -0.797. The fourth-order valence-electron chi connectivity index (χ4n) is 6.38. The molecule has 2 bridgehead atoms. The molecule has 4 aliphatic rings. The minimum Gasteiger partial charge on any atom is -0.454 e. The van der Waals surface area contributed by atoms with E-state index in [0.717, 1.165) is 37.2 Å². The van der Waals surface area contributed by atoms with Crippen LogP contribution in [0.3, 0.4) is 0 Å². The Kier molecular flexibility index (Phi) is 6.14. The van der Waals surface area contributed by atoms with Crippen molar-refractivity contribution in [2.75, 3.05) is 18.5 Å². The number of carbonyl (C=O) groups is 4. The normalized spacial score (nSPS) is 22.5. The summed E-state index contributed by atoms with van der Waals surface area (Å²) < 4.78 is 6.07. The first-order valence-electron chi connectivity index (χ1n) is 12.7. The highest BCUT2D eigenvalue weighted by Crippen LogP contribution is 2.60. The van der Waals surface area contributed by atoms with E-state index in [0.29, 0.717) is 12.1 Å². The topological polar surface area (TPSA) is 92.8 Å². The highest BCUT2D eigenvalue weighted by molar-refractivity contribution is 9.10. The van der Waals surface area contributed by atoms with E-state index in [1.807, 2.05) is 67.6 Å². The molecule has 38 heavy (non-hydrogen) atoms. The zero-order chi connectivity index (χ0) is 26.6. The standard InChI is InChI=1S/C30H25BrN2O5/c1-2-16-13-17(31)11-12-22(16)32-23(34)15-38-24(35)14-33-29(36)27-25-18-7-3-4-8-19(18)26(28(27)30(33)37)21-10-6-5-9-20(21)25/h3-13,25-28H,2,14-15H2,1H3,(H,32,34)/t25?,26?,27-,28-/m0/s1. The number of hydrogen-bond donors (Lipinski definition) is 1. The molecule has 0 radical (unpaired) electrons. The number of rotatable bonds is 6. The van der Waals surface area contributed by atoms with Gasteiger partial charge in [0.25, 0.3) is 5.91 Å². The predicted octanol–water partition coefficient (Wildman–Crippen LogP) is 4.39. The second kappa shape index (κ2) is 9.51. The van der Waals surface area contributed by atoms with E-state index >= 15 is 0 Å². The summed E-state index contributed by atoms with van der Waals surface area (Å²) in [6.45, 7) is 0.953. The summed E-state index contributed by atoms with van der Waals surface area (Å²) in [5, 5.41) is 2.75. The van der Waals surface area contributed by atoms with Crippen molar-refractivity contribution in [3.05, 3.63) is 99.0 Å². The number of hydrogen-bond acceptors (Lipinski definition) is 5. The second-order valence-electron chi connectivity index (χ2n) is 9.89. The number of benzene rings is 3. The molecule has 3 aromatic carbocycles. The molecule has 1 saturated heterocycles. The summed E-state index contributed by atoms with van der Waals surface area (Å²) in [5.41, 5.74) is 5.85. The lowest BCUT2D eigenvalue weighted by Gasteiger charge is -2.45. The molecule has 0 spiro atoms. The number of likely N-dealkylation sites (tertiary alicyclic amines) is 1. The van der Waals surface area contributed by atoms with Crippen LogP contribution in [0.1, 0.15) is 46.6 Å². The van der Waals surface area contributed by atoms with Crippen molar-refractivity contribution in [2.24, 2.45) is 11.8 Å². The summed E-state index contributed by atoms with van der Waals surface area (Å²) in [4.78, 5) is 53.3. The van der Waals surface area contributed by atoms with Gasteiger partial charge in [0.1, 0.15) is 6.54 Å². The van der Waals surface area contributed by atoms with Gasteiger partial charge in [-0.05, 0) is 52.4 Å². The lowest BCUT2D eigenvalue weighted by Crippen LogP contribution is -2.41. The number of carbonyl (C=O) groups excluding carboxylic acids is 4. The number of ether oxygens (including phenoxy) is 1. The van der Waals surface area contributed by atoms with Crippen LogP contribution < -0.4 is 5.32 Å². The zero-order valence-corrected chi connectivity index (χ0v) is 22.2. The number of amides is 3. The maximum Gasteiger partial charge on any atom is 0.326 e. The largest absolute Gasteiger partial charge is 0.454 e. The Morgan fingerprint density at radius 3 is 1.89 bits per heavy atom. The first-order valence-corrected chi connectivity index (χ1v) is 13.4. The second-order valence-corrected chi connectivity index (χ2v) is 10.8. The van der Waals surface area contributed by atoms with Gasteiger partial charge in [-0.1, -0.05) is 71.4 Å². The van der Waals surface area contributed by atoms with E-state index in [-0.39, 0.29) is 23.7 Å². The van der Waals surface area contributed by atoms with Crippen LogP contribution in [0, 0.1) is 11.8 Å². The molecular formula is C30H25BrN2O5. The van der Waals surface area contributed by atoms with Crippen LogP contribution in [0.5, 0.6) is 0 Å². The Morgan fingerprint density at radius 1 is 0.868 bits per heavy atom. The maximum absolute atomic E-state index is 13.6. The molecule has 7 nitrogen and oxygen atoms in total. The molecule has 0 unspecified atom stereocenters. The zero-order valence-electron chi connectivity index (χ0n) is 20.6. The minimum absolute atomic E-state index is 0.237. The highest BCUT2D eigenvalue weighted by atomic mass is 79.9. The van der Waals surface area contributed by atoms with Gasteiger partial charge in [-0.2, -0.15) is 0 Å². The molecule has 1 N–H and O–H groups in total. The smallest absolute Gasteiger partial charge is 0.326 e. The molecule has 1 aliphatic heterocycles. The van der Waals surface area contributed by atoms with Crippen molar-refractivity contribution < 1.29 is 23.9 Å². The molecule has 3 aromatic rings. The van der Waals surface area contributed by atoms with Gasteiger partial charge in [-0.15, -0.1) is 0 Å². The maximum atomic E-state index is 13.6. The Morgan fingerprint density at radius 2 is 1.39 bits per heavy atom. The third-order valence-corrected chi connectivity index (χ3v) is 8.41. The van der Waals surface area contributed by atoms with Crippen molar-refractivity contribution in [2.45, 2.75) is 25.2 Å². The van der Waals surface area contributed by atoms with Crippen molar-refractivity contribution in [3.8, 4) is 0 Å². The molecule has 8 heteroatoms. The average molecular weight is 573 g/mol. The lowest BCUT2D eigenvalue weighted by atomic mass is 9.55. The lowest BCUT2D eigenvalue weighted by molar-refractivity contribution is -0.154. The molecule has 1 heterocycles. The Labute approximate surface area is 228 Å². The third-order valence-electron chi connectivity index (χ3n) is 7.91. The van der Waals surface area contributed by atoms with Gasteiger partial charge in [0.2, 0.25) is 11.8 Å². The van der Waals surface area contributed by atoms with Crippen LogP contribution in [-0.2, 0) is 30.3 Å². The number of esters is 1. The van der Waals surface area contributed by atoms with Crippen LogP contribution in [0.15, 0.2) is 71.2 Å². The van der Waals surface area contributed by atoms with Gasteiger partial charge in [-0.25, -0.2) is 0 Å². The fourth-order valence-corrected chi connectivity index (χ4v) is 6.79. The van der Waals surface area contributed by atoms with Crippen molar-refractivity contribution in [1.29, 1.82) is 0 Å². The number of aryl methyl sites for hydroxylation is 1. The molecule has 0 saturated carbocycles. The van der Waals surface area contributed by atoms with Gasteiger partial charge < -0.3 is 10.1 Å². The molecule has 0 aromatic heterocycles. The van der Waals surface area contributed by atoms with E-state index in [4.69, 9.17) is 4.74 Å². The van der Waals surface area contributed by atoms with Crippen molar-refractivity contribution in [1.82, 2.24) is 4.90 Å². The average Bonchev–Trinajstić information content (AvgIpc) is 3.18. The van der Waals surface area contributed by atoms with Gasteiger partial charge in [-0.3, -0.25) is 24.1 Å². The first-order chi connectivity index (χ1) is 18.4. The van der Waals surface area contributed by atoms with Gasteiger partial charge >= 0.3 is 5.97 Å². The summed E-state index contributed by atoms with van der Waals surface area (Å²) in [5.74, 6) is -3.60. The molecule has 192 valence electrons. The molecule has 7 rings (SSSR count). The van der Waals surface area contributed by atoms with E-state index < -0.39 is 36.9 Å². The van der Waals surface area contributed by atoms with E-state index in [9.17, 15) is 19.2 Å². The molecule has 1 fully saturated rings. The molecule has 3 amide bonds. The van der Waals surface area contributed by atoms with E-state index in [1.165, 1.54) is 0 Å². The van der Waals surface area contributed by atoms with Gasteiger partial charge in [0.15, 0.2) is 6.61 Å². The van der Waals surface area contributed by atoms with Crippen LogP contribution >= 0.6 is 15.9 Å². The summed E-state index contributed by atoms with van der Waals surface area (Å²) in [7, 11) is 0. The number of halogens is 1. The fraction of sp³-hybridized carbons (Fsp3) is 0.267. The summed E-state index contributed by atoms with van der Waals surface area (Å²) >= 11 is 3.41. The Balaban J connectivity index is 1.17. The molecular weight excluding hydrogens is 548 g/mol. The van der Waals surface area contributed by atoms with Crippen LogP contribution in [0.2, 0.25) is 0 Å². The third kappa shape index (κ3) is 3.86. The van der Waals surface area contributed by atoms with Crippen molar-refractivity contribution >= 4 is 45.3 Å². The molecule has 3 aliphatic carbocycles. The van der Waals surface area contributed by atoms with Crippen LogP contribution in [-0.4, -0.2) is 41.7 Å². The summed E-state index contributed by atoms with van der Waals surface area (Å²) in [6, 6.07) is 21.4. The van der Waals surface area contributed by atoms with E-state index in [2.05, 4.69) is 21.2 Å². The molecule has 2 atom stereocenters. The Hall–Kier alpha value is -3.78.